The van der Waals surface area contributed by atoms with Crippen LogP contribution < -0.4 is 16.0 Å². The SMILES string of the molecule is CC(C)c1ccc(C[NH+](C)[C@@H](C)C(=O)Nc2ccc(C(N)=O)cc2)cc1. The van der Waals surface area contributed by atoms with E-state index in [-0.39, 0.29) is 11.9 Å². The molecule has 0 heterocycles. The monoisotopic (exact) mass is 354 g/mol. The molecule has 0 saturated carbocycles. The van der Waals surface area contributed by atoms with Gasteiger partial charge in [-0.3, -0.25) is 9.59 Å². The van der Waals surface area contributed by atoms with Gasteiger partial charge in [0.25, 0.3) is 5.91 Å². The summed E-state index contributed by atoms with van der Waals surface area (Å²) in [6.45, 7) is 7.03. The minimum Gasteiger partial charge on any atom is -0.366 e. The molecule has 2 rings (SSSR count). The number of nitrogens with two attached hydrogens (primary N) is 1. The van der Waals surface area contributed by atoms with Crippen molar-refractivity contribution >= 4 is 17.5 Å². The molecular formula is C21H28N3O2+. The molecule has 5 heteroatoms. The van der Waals surface area contributed by atoms with Crippen LogP contribution in [0.3, 0.4) is 0 Å². The summed E-state index contributed by atoms with van der Waals surface area (Å²) in [6.07, 6.45) is 0. The van der Waals surface area contributed by atoms with Gasteiger partial charge in [-0.15, -0.1) is 0 Å². The van der Waals surface area contributed by atoms with E-state index < -0.39 is 5.91 Å². The Hall–Kier alpha value is -2.66. The van der Waals surface area contributed by atoms with Crippen LogP contribution >= 0.6 is 0 Å². The molecule has 0 radical (unpaired) electrons. The van der Waals surface area contributed by atoms with E-state index in [0.29, 0.717) is 17.2 Å². The molecule has 138 valence electrons. The molecule has 2 aromatic rings. The number of carbonyl (C=O) groups excluding carboxylic acids is 2. The summed E-state index contributed by atoms with van der Waals surface area (Å²) in [5.41, 5.74) is 8.82. The van der Waals surface area contributed by atoms with E-state index >= 15 is 0 Å². The third-order valence-corrected chi connectivity index (χ3v) is 4.70. The minimum absolute atomic E-state index is 0.0619. The summed E-state index contributed by atoms with van der Waals surface area (Å²) in [4.78, 5) is 24.7. The predicted octanol–water partition coefficient (Wildman–Crippen LogP) is 1.95. The number of rotatable bonds is 7. The molecule has 2 aromatic carbocycles. The van der Waals surface area contributed by atoms with Crippen molar-refractivity contribution < 1.29 is 14.5 Å². The molecule has 0 aliphatic rings. The van der Waals surface area contributed by atoms with Crippen LogP contribution in [0.15, 0.2) is 48.5 Å². The Balaban J connectivity index is 1.94. The zero-order valence-electron chi connectivity index (χ0n) is 15.9. The fourth-order valence-electron chi connectivity index (χ4n) is 2.69. The maximum absolute atomic E-state index is 12.5. The minimum atomic E-state index is -0.482. The van der Waals surface area contributed by atoms with Gasteiger partial charge >= 0.3 is 0 Å². The van der Waals surface area contributed by atoms with Gasteiger partial charge in [-0.05, 0) is 42.7 Å². The summed E-state index contributed by atoms with van der Waals surface area (Å²) < 4.78 is 0. The molecular weight excluding hydrogens is 326 g/mol. The van der Waals surface area contributed by atoms with Gasteiger partial charge < -0.3 is 16.0 Å². The first-order valence-corrected chi connectivity index (χ1v) is 8.89. The van der Waals surface area contributed by atoms with Crippen molar-refractivity contribution in [1.82, 2.24) is 0 Å². The second kappa shape index (κ2) is 8.63. The number of hydrogen-bond donors (Lipinski definition) is 3. The van der Waals surface area contributed by atoms with Gasteiger partial charge in [-0.2, -0.15) is 0 Å². The van der Waals surface area contributed by atoms with Gasteiger partial charge in [-0.25, -0.2) is 0 Å². The average Bonchev–Trinajstić information content (AvgIpc) is 2.61. The first-order valence-electron chi connectivity index (χ1n) is 8.89. The highest BCUT2D eigenvalue weighted by Crippen LogP contribution is 2.14. The number of benzene rings is 2. The zero-order chi connectivity index (χ0) is 19.3. The van der Waals surface area contributed by atoms with Gasteiger partial charge in [0.1, 0.15) is 6.54 Å². The number of nitrogens with one attached hydrogen (secondary N) is 2. The standard InChI is InChI=1S/C21H27N3O2/c1-14(2)17-7-5-16(6-8-17)13-24(4)15(3)21(26)23-19-11-9-18(10-12-19)20(22)25/h5-12,14-15H,13H2,1-4H3,(H2,22,25)(H,23,26)/p+1/t15-/m0/s1. The Bertz CT molecular complexity index is 752. The number of amides is 2. The largest absolute Gasteiger partial charge is 0.366 e. The molecule has 0 aliphatic carbocycles. The Labute approximate surface area is 155 Å². The van der Waals surface area contributed by atoms with Crippen molar-refractivity contribution in [2.75, 3.05) is 12.4 Å². The molecule has 0 aromatic heterocycles. The molecule has 0 saturated heterocycles. The van der Waals surface area contributed by atoms with Gasteiger partial charge in [0.05, 0.1) is 7.05 Å². The van der Waals surface area contributed by atoms with Crippen molar-refractivity contribution in [1.29, 1.82) is 0 Å². The number of anilines is 1. The molecule has 5 nitrogen and oxygen atoms in total. The molecule has 0 spiro atoms. The van der Waals surface area contributed by atoms with Gasteiger partial charge in [0.2, 0.25) is 5.91 Å². The first-order chi connectivity index (χ1) is 12.3. The van der Waals surface area contributed by atoms with E-state index in [1.54, 1.807) is 24.3 Å². The summed E-state index contributed by atoms with van der Waals surface area (Å²) in [7, 11) is 2.01. The number of hydrogen-bond acceptors (Lipinski definition) is 2. The van der Waals surface area contributed by atoms with Crippen molar-refractivity contribution in [2.24, 2.45) is 5.73 Å². The fraction of sp³-hybridized carbons (Fsp3) is 0.333. The van der Waals surface area contributed by atoms with E-state index in [9.17, 15) is 9.59 Å². The second-order valence-electron chi connectivity index (χ2n) is 7.07. The highest BCUT2D eigenvalue weighted by molar-refractivity contribution is 5.95. The lowest BCUT2D eigenvalue weighted by Gasteiger charge is -2.21. The van der Waals surface area contributed by atoms with E-state index in [1.807, 2.05) is 14.0 Å². The smallest absolute Gasteiger partial charge is 0.282 e. The maximum atomic E-state index is 12.5. The van der Waals surface area contributed by atoms with Crippen LogP contribution in [0.4, 0.5) is 5.69 Å². The van der Waals surface area contributed by atoms with Gasteiger partial charge in [0.15, 0.2) is 6.04 Å². The molecule has 2 atom stereocenters. The summed E-state index contributed by atoms with van der Waals surface area (Å²) in [6, 6.07) is 14.9. The van der Waals surface area contributed by atoms with E-state index in [4.69, 9.17) is 5.73 Å². The topological polar surface area (TPSA) is 76.6 Å². The Morgan fingerprint density at radius 3 is 2.08 bits per heavy atom. The highest BCUT2D eigenvalue weighted by atomic mass is 16.2. The molecule has 0 aliphatic heterocycles. The Morgan fingerprint density at radius 1 is 1.00 bits per heavy atom. The van der Waals surface area contributed by atoms with Crippen LogP contribution in [0, 0.1) is 0 Å². The molecule has 2 amide bonds. The molecule has 0 bridgehead atoms. The normalized spacial score (nSPS) is 13.3. The highest BCUT2D eigenvalue weighted by Gasteiger charge is 2.22. The first kappa shape index (κ1) is 19.7. The lowest BCUT2D eigenvalue weighted by atomic mass is 10.0. The summed E-state index contributed by atoms with van der Waals surface area (Å²) in [5.74, 6) is -0.0307. The number of carbonyl (C=O) groups is 2. The van der Waals surface area contributed by atoms with E-state index in [1.165, 1.54) is 11.1 Å². The summed E-state index contributed by atoms with van der Waals surface area (Å²) >= 11 is 0. The Morgan fingerprint density at radius 2 is 1.58 bits per heavy atom. The number of quaternary nitrogens is 1. The zero-order valence-corrected chi connectivity index (χ0v) is 15.9. The van der Waals surface area contributed by atoms with Crippen LogP contribution in [-0.4, -0.2) is 24.9 Å². The predicted molar refractivity (Wildman–Crippen MR) is 104 cm³/mol. The van der Waals surface area contributed by atoms with E-state index in [2.05, 4.69) is 43.4 Å². The lowest BCUT2D eigenvalue weighted by molar-refractivity contribution is -0.907. The number of likely N-dealkylation sites (N-methyl/N-ethyl adjacent to an activating group) is 1. The quantitative estimate of drug-likeness (QED) is 0.711. The van der Waals surface area contributed by atoms with Crippen LogP contribution in [0.25, 0.3) is 0 Å². The molecule has 4 N–H and O–H groups in total. The van der Waals surface area contributed by atoms with Crippen molar-refractivity contribution in [3.8, 4) is 0 Å². The average molecular weight is 354 g/mol. The number of primary amides is 1. The molecule has 0 fully saturated rings. The Kier molecular flexibility index (Phi) is 6.52. The third kappa shape index (κ3) is 5.17. The van der Waals surface area contributed by atoms with Crippen molar-refractivity contribution in [2.45, 2.75) is 39.3 Å². The molecule has 26 heavy (non-hydrogen) atoms. The maximum Gasteiger partial charge on any atom is 0.282 e. The van der Waals surface area contributed by atoms with Gasteiger partial charge in [-0.1, -0.05) is 38.1 Å². The van der Waals surface area contributed by atoms with Crippen LogP contribution in [-0.2, 0) is 11.3 Å². The third-order valence-electron chi connectivity index (χ3n) is 4.70. The van der Waals surface area contributed by atoms with E-state index in [0.717, 1.165) is 11.4 Å². The second-order valence-corrected chi connectivity index (χ2v) is 7.07. The summed E-state index contributed by atoms with van der Waals surface area (Å²) in [5, 5.41) is 2.89. The van der Waals surface area contributed by atoms with Crippen LogP contribution in [0.2, 0.25) is 0 Å². The van der Waals surface area contributed by atoms with Crippen molar-refractivity contribution in [3.05, 3.63) is 65.2 Å². The van der Waals surface area contributed by atoms with Gasteiger partial charge in [0, 0.05) is 16.8 Å². The van der Waals surface area contributed by atoms with Crippen LogP contribution in [0.1, 0.15) is 48.2 Å². The molecule has 1 unspecified atom stereocenters. The fourth-order valence-corrected chi connectivity index (χ4v) is 2.69. The lowest BCUT2D eigenvalue weighted by Crippen LogP contribution is -3.12. The van der Waals surface area contributed by atoms with Crippen molar-refractivity contribution in [3.63, 3.8) is 0 Å². The van der Waals surface area contributed by atoms with Crippen LogP contribution in [0.5, 0.6) is 0 Å².